The Morgan fingerprint density at radius 3 is 3.00 bits per heavy atom. The SMILES string of the molecule is COc1c(C2CNCc3c(C)cccc32)cnn1C. The van der Waals surface area contributed by atoms with E-state index in [4.69, 9.17) is 4.74 Å². The van der Waals surface area contributed by atoms with Gasteiger partial charge >= 0.3 is 0 Å². The summed E-state index contributed by atoms with van der Waals surface area (Å²) in [6.45, 7) is 4.04. The zero-order chi connectivity index (χ0) is 13.4. The number of nitrogens with one attached hydrogen (secondary N) is 1. The largest absolute Gasteiger partial charge is 0.481 e. The van der Waals surface area contributed by atoms with E-state index in [2.05, 4.69) is 35.5 Å². The topological polar surface area (TPSA) is 39.1 Å². The fourth-order valence-electron chi connectivity index (χ4n) is 2.95. The van der Waals surface area contributed by atoms with Crippen LogP contribution in [0.2, 0.25) is 0 Å². The van der Waals surface area contributed by atoms with Crippen molar-refractivity contribution < 1.29 is 4.74 Å². The number of ether oxygens (including phenoxy) is 1. The standard InChI is InChI=1S/C15H19N3O/c1-10-5-4-6-11-12(10)7-16-8-13(11)14-9-17-18(2)15(14)19-3/h4-6,9,13,16H,7-8H2,1-3H3. The molecule has 1 N–H and O–H groups in total. The Hall–Kier alpha value is -1.81. The molecule has 1 aliphatic rings. The van der Waals surface area contributed by atoms with Crippen LogP contribution >= 0.6 is 0 Å². The minimum absolute atomic E-state index is 0.312. The fraction of sp³-hybridized carbons (Fsp3) is 0.400. The summed E-state index contributed by atoms with van der Waals surface area (Å²) in [5.74, 6) is 1.16. The number of benzene rings is 1. The highest BCUT2D eigenvalue weighted by Crippen LogP contribution is 2.35. The predicted octanol–water partition coefficient (Wildman–Crippen LogP) is 1.97. The Balaban J connectivity index is 2.11. The summed E-state index contributed by atoms with van der Waals surface area (Å²) in [5.41, 5.74) is 5.30. The molecule has 0 bridgehead atoms. The lowest BCUT2D eigenvalue weighted by Crippen LogP contribution is -2.29. The molecule has 3 rings (SSSR count). The molecular formula is C15H19N3O. The van der Waals surface area contributed by atoms with Crippen LogP contribution < -0.4 is 10.1 Å². The van der Waals surface area contributed by atoms with Gasteiger partial charge in [-0.2, -0.15) is 5.10 Å². The highest BCUT2D eigenvalue weighted by molar-refractivity contribution is 5.46. The minimum atomic E-state index is 0.312. The molecule has 2 aromatic rings. The molecule has 1 aromatic heterocycles. The smallest absolute Gasteiger partial charge is 0.215 e. The molecule has 1 aliphatic heterocycles. The molecule has 0 saturated carbocycles. The molecule has 0 aliphatic carbocycles. The average molecular weight is 257 g/mol. The molecule has 1 unspecified atom stereocenters. The van der Waals surface area contributed by atoms with E-state index in [1.54, 1.807) is 11.8 Å². The number of aromatic nitrogens is 2. The third-order valence-corrected chi connectivity index (χ3v) is 3.95. The summed E-state index contributed by atoms with van der Waals surface area (Å²) < 4.78 is 7.28. The van der Waals surface area contributed by atoms with Crippen molar-refractivity contribution in [2.24, 2.45) is 7.05 Å². The summed E-state index contributed by atoms with van der Waals surface area (Å²) >= 11 is 0. The van der Waals surface area contributed by atoms with Crippen LogP contribution in [0.1, 0.15) is 28.2 Å². The van der Waals surface area contributed by atoms with E-state index < -0.39 is 0 Å². The Bertz CT molecular complexity index is 603. The number of methoxy groups -OCH3 is 1. The average Bonchev–Trinajstić information content (AvgIpc) is 2.79. The number of rotatable bonds is 2. The summed E-state index contributed by atoms with van der Waals surface area (Å²) in [4.78, 5) is 0. The fourth-order valence-corrected chi connectivity index (χ4v) is 2.95. The van der Waals surface area contributed by atoms with Crippen LogP contribution in [-0.2, 0) is 13.6 Å². The van der Waals surface area contributed by atoms with Crippen LogP contribution in [0.4, 0.5) is 0 Å². The van der Waals surface area contributed by atoms with Crippen molar-refractivity contribution in [1.82, 2.24) is 15.1 Å². The van der Waals surface area contributed by atoms with Gasteiger partial charge in [-0.25, -0.2) is 4.68 Å². The molecule has 1 aromatic carbocycles. The van der Waals surface area contributed by atoms with Crippen LogP contribution in [0.3, 0.4) is 0 Å². The Kier molecular flexibility index (Phi) is 3.03. The van der Waals surface area contributed by atoms with Gasteiger partial charge in [-0.3, -0.25) is 0 Å². The lowest BCUT2D eigenvalue weighted by molar-refractivity contribution is 0.366. The number of aryl methyl sites for hydroxylation is 2. The van der Waals surface area contributed by atoms with Gasteiger partial charge in [0.25, 0.3) is 0 Å². The summed E-state index contributed by atoms with van der Waals surface area (Å²) in [5, 5.41) is 7.82. The summed E-state index contributed by atoms with van der Waals surface area (Å²) in [6.07, 6.45) is 1.92. The van der Waals surface area contributed by atoms with Crippen molar-refractivity contribution in [3.05, 3.63) is 46.6 Å². The molecule has 0 saturated heterocycles. The van der Waals surface area contributed by atoms with E-state index in [0.717, 1.165) is 24.5 Å². The normalized spacial score (nSPS) is 18.2. The summed E-state index contributed by atoms with van der Waals surface area (Å²) in [7, 11) is 3.61. The van der Waals surface area contributed by atoms with Crippen molar-refractivity contribution >= 4 is 0 Å². The third-order valence-electron chi connectivity index (χ3n) is 3.95. The minimum Gasteiger partial charge on any atom is -0.481 e. The second kappa shape index (κ2) is 4.70. The van der Waals surface area contributed by atoms with Crippen LogP contribution in [0, 0.1) is 6.92 Å². The van der Waals surface area contributed by atoms with Gasteiger partial charge in [-0.15, -0.1) is 0 Å². The van der Waals surface area contributed by atoms with Crippen molar-refractivity contribution in [2.45, 2.75) is 19.4 Å². The molecule has 4 nitrogen and oxygen atoms in total. The zero-order valence-corrected chi connectivity index (χ0v) is 11.6. The lowest BCUT2D eigenvalue weighted by atomic mass is 9.85. The number of hydrogen-bond acceptors (Lipinski definition) is 3. The zero-order valence-electron chi connectivity index (χ0n) is 11.6. The predicted molar refractivity (Wildman–Crippen MR) is 74.5 cm³/mol. The second-order valence-electron chi connectivity index (χ2n) is 5.06. The van der Waals surface area contributed by atoms with Crippen LogP contribution in [0.15, 0.2) is 24.4 Å². The van der Waals surface area contributed by atoms with Gasteiger partial charge in [-0.1, -0.05) is 18.2 Å². The monoisotopic (exact) mass is 257 g/mol. The van der Waals surface area contributed by atoms with Crippen molar-refractivity contribution in [1.29, 1.82) is 0 Å². The van der Waals surface area contributed by atoms with Crippen LogP contribution in [0.25, 0.3) is 0 Å². The van der Waals surface area contributed by atoms with E-state index in [1.165, 1.54) is 16.7 Å². The van der Waals surface area contributed by atoms with Gasteiger partial charge in [-0.05, 0) is 23.6 Å². The maximum absolute atomic E-state index is 5.49. The highest BCUT2D eigenvalue weighted by atomic mass is 16.5. The van der Waals surface area contributed by atoms with E-state index in [1.807, 2.05) is 13.2 Å². The van der Waals surface area contributed by atoms with Crippen molar-refractivity contribution in [2.75, 3.05) is 13.7 Å². The number of fused-ring (bicyclic) bond motifs is 1. The second-order valence-corrected chi connectivity index (χ2v) is 5.06. The molecule has 4 heteroatoms. The van der Waals surface area contributed by atoms with E-state index >= 15 is 0 Å². The van der Waals surface area contributed by atoms with Gasteiger partial charge in [0.2, 0.25) is 5.88 Å². The molecule has 2 heterocycles. The highest BCUT2D eigenvalue weighted by Gasteiger charge is 2.26. The van der Waals surface area contributed by atoms with Crippen LogP contribution in [0.5, 0.6) is 5.88 Å². The number of hydrogen-bond donors (Lipinski definition) is 1. The first-order valence-electron chi connectivity index (χ1n) is 6.57. The molecule has 100 valence electrons. The molecule has 0 fully saturated rings. The molecule has 1 atom stereocenters. The van der Waals surface area contributed by atoms with Gasteiger partial charge in [0.1, 0.15) is 0 Å². The van der Waals surface area contributed by atoms with E-state index in [-0.39, 0.29) is 0 Å². The first-order chi connectivity index (χ1) is 9.22. The molecule has 0 spiro atoms. The molecular weight excluding hydrogens is 238 g/mol. The van der Waals surface area contributed by atoms with Crippen molar-refractivity contribution in [3.63, 3.8) is 0 Å². The maximum atomic E-state index is 5.49. The van der Waals surface area contributed by atoms with Crippen molar-refractivity contribution in [3.8, 4) is 5.88 Å². The van der Waals surface area contributed by atoms with Gasteiger partial charge < -0.3 is 10.1 Å². The Morgan fingerprint density at radius 1 is 1.37 bits per heavy atom. The van der Waals surface area contributed by atoms with E-state index in [0.29, 0.717) is 5.92 Å². The number of nitrogens with zero attached hydrogens (tertiary/aromatic N) is 2. The third kappa shape index (κ3) is 1.92. The first kappa shape index (κ1) is 12.2. The Morgan fingerprint density at radius 2 is 2.21 bits per heavy atom. The van der Waals surface area contributed by atoms with Gasteiger partial charge in [0, 0.05) is 31.6 Å². The van der Waals surface area contributed by atoms with Gasteiger partial charge in [0.05, 0.1) is 13.3 Å². The van der Waals surface area contributed by atoms with Gasteiger partial charge in [0.15, 0.2) is 0 Å². The Labute approximate surface area is 113 Å². The summed E-state index contributed by atoms with van der Waals surface area (Å²) in [6, 6.07) is 6.53. The van der Waals surface area contributed by atoms with Crippen LogP contribution in [-0.4, -0.2) is 23.4 Å². The first-order valence-corrected chi connectivity index (χ1v) is 6.57. The maximum Gasteiger partial charge on any atom is 0.215 e. The lowest BCUT2D eigenvalue weighted by Gasteiger charge is -2.27. The quantitative estimate of drug-likeness (QED) is 0.894. The molecule has 0 amide bonds. The van der Waals surface area contributed by atoms with E-state index in [9.17, 15) is 0 Å². The molecule has 19 heavy (non-hydrogen) atoms. The molecule has 0 radical (unpaired) electrons.